The van der Waals surface area contributed by atoms with E-state index in [9.17, 15) is 4.79 Å². The van der Waals surface area contributed by atoms with Gasteiger partial charge in [0.15, 0.2) is 0 Å². The van der Waals surface area contributed by atoms with Crippen LogP contribution < -0.4 is 5.32 Å². The highest BCUT2D eigenvalue weighted by Crippen LogP contribution is 2.32. The molecule has 5 heteroatoms. The number of carbonyl (C=O) groups excluding carboxylic acids is 1. The van der Waals surface area contributed by atoms with Crippen LogP contribution in [0, 0.1) is 0 Å². The maximum atomic E-state index is 12.1. The van der Waals surface area contributed by atoms with Gasteiger partial charge in [-0.15, -0.1) is 0 Å². The number of aromatic nitrogens is 1. The third-order valence-corrected chi connectivity index (χ3v) is 4.30. The number of thiophene rings is 1. The van der Waals surface area contributed by atoms with Crippen molar-refractivity contribution in [2.75, 3.05) is 18.4 Å². The molecule has 1 N–H and O–H groups in total. The molecule has 1 fully saturated rings. The summed E-state index contributed by atoms with van der Waals surface area (Å²) in [5.41, 5.74) is 2.14. The van der Waals surface area contributed by atoms with Gasteiger partial charge in [-0.25, -0.2) is 0 Å². The monoisotopic (exact) mass is 287 g/mol. The summed E-state index contributed by atoms with van der Waals surface area (Å²) in [5, 5.41) is 7.20. The Bertz CT molecular complexity index is 556. The molecule has 1 atom stereocenters. The number of carbonyl (C=O) groups is 1. The number of hydrogen-bond acceptors (Lipinski definition) is 4. The van der Waals surface area contributed by atoms with E-state index >= 15 is 0 Å². The topological polar surface area (TPSA) is 45.2 Å². The maximum Gasteiger partial charge on any atom is 0.238 e. The van der Waals surface area contributed by atoms with Crippen molar-refractivity contribution in [1.29, 1.82) is 0 Å². The fourth-order valence-corrected chi connectivity index (χ4v) is 3.38. The summed E-state index contributed by atoms with van der Waals surface area (Å²) < 4.78 is 0. The van der Waals surface area contributed by atoms with Crippen molar-refractivity contribution < 1.29 is 4.79 Å². The molecular weight excluding hydrogens is 270 g/mol. The van der Waals surface area contributed by atoms with Gasteiger partial charge in [0.05, 0.1) is 6.54 Å². The normalized spacial score (nSPS) is 19.1. The first-order valence-corrected chi connectivity index (χ1v) is 7.73. The molecule has 0 aliphatic carbocycles. The van der Waals surface area contributed by atoms with E-state index in [1.165, 1.54) is 5.56 Å². The summed E-state index contributed by atoms with van der Waals surface area (Å²) in [6.45, 7) is 1.44. The molecule has 0 aromatic carbocycles. The van der Waals surface area contributed by atoms with Gasteiger partial charge in [-0.05, 0) is 53.9 Å². The Morgan fingerprint density at radius 1 is 1.40 bits per heavy atom. The standard InChI is InChI=1S/C15H17N3OS/c19-15(17-13-3-6-16-7-4-13)10-18-8-1-2-14(18)12-5-9-20-11-12/h3-7,9,11,14H,1-2,8,10H2,(H,16,17,19). The lowest BCUT2D eigenvalue weighted by Gasteiger charge is -2.23. The molecule has 104 valence electrons. The minimum Gasteiger partial charge on any atom is -0.325 e. The molecule has 0 radical (unpaired) electrons. The second-order valence-corrected chi connectivity index (χ2v) is 5.75. The van der Waals surface area contributed by atoms with Gasteiger partial charge in [0.2, 0.25) is 5.91 Å². The Morgan fingerprint density at radius 3 is 3.00 bits per heavy atom. The molecule has 1 aliphatic heterocycles. The van der Waals surface area contributed by atoms with E-state index in [1.54, 1.807) is 35.9 Å². The second kappa shape index (κ2) is 6.15. The van der Waals surface area contributed by atoms with Gasteiger partial charge >= 0.3 is 0 Å². The van der Waals surface area contributed by atoms with Gasteiger partial charge in [0, 0.05) is 24.1 Å². The Balaban J connectivity index is 1.61. The Morgan fingerprint density at radius 2 is 2.25 bits per heavy atom. The molecule has 20 heavy (non-hydrogen) atoms. The third kappa shape index (κ3) is 3.05. The van der Waals surface area contributed by atoms with E-state index in [4.69, 9.17) is 0 Å². The van der Waals surface area contributed by atoms with Gasteiger partial charge in [0.1, 0.15) is 0 Å². The van der Waals surface area contributed by atoms with Crippen LogP contribution in [0.25, 0.3) is 0 Å². The smallest absolute Gasteiger partial charge is 0.238 e. The summed E-state index contributed by atoms with van der Waals surface area (Å²) >= 11 is 1.72. The van der Waals surface area contributed by atoms with Gasteiger partial charge in [-0.2, -0.15) is 11.3 Å². The van der Waals surface area contributed by atoms with Crippen molar-refractivity contribution in [3.63, 3.8) is 0 Å². The molecule has 1 aliphatic rings. The zero-order chi connectivity index (χ0) is 13.8. The zero-order valence-electron chi connectivity index (χ0n) is 11.2. The average Bonchev–Trinajstić information content (AvgIpc) is 3.10. The van der Waals surface area contributed by atoms with Crippen molar-refractivity contribution in [1.82, 2.24) is 9.88 Å². The first kappa shape index (κ1) is 13.3. The molecule has 0 bridgehead atoms. The summed E-state index contributed by atoms with van der Waals surface area (Å²) in [4.78, 5) is 18.3. The van der Waals surface area contributed by atoms with Crippen LogP contribution in [0.5, 0.6) is 0 Å². The molecule has 1 unspecified atom stereocenters. The Hall–Kier alpha value is -1.72. The first-order chi connectivity index (χ1) is 9.83. The number of hydrogen-bond donors (Lipinski definition) is 1. The van der Waals surface area contributed by atoms with E-state index in [2.05, 4.69) is 32.0 Å². The number of nitrogens with one attached hydrogen (secondary N) is 1. The van der Waals surface area contributed by atoms with Crippen LogP contribution in [0.3, 0.4) is 0 Å². The molecule has 0 spiro atoms. The predicted octanol–water partition coefficient (Wildman–Crippen LogP) is 2.92. The number of rotatable bonds is 4. The van der Waals surface area contributed by atoms with Crippen LogP contribution in [0.2, 0.25) is 0 Å². The predicted molar refractivity (Wildman–Crippen MR) is 80.7 cm³/mol. The number of pyridine rings is 1. The van der Waals surface area contributed by atoms with Crippen molar-refractivity contribution in [3.8, 4) is 0 Å². The highest BCUT2D eigenvalue weighted by atomic mass is 32.1. The van der Waals surface area contributed by atoms with Crippen molar-refractivity contribution in [2.24, 2.45) is 0 Å². The average molecular weight is 287 g/mol. The molecular formula is C15H17N3OS. The third-order valence-electron chi connectivity index (χ3n) is 3.60. The molecule has 3 rings (SSSR count). The fourth-order valence-electron chi connectivity index (χ4n) is 2.68. The van der Waals surface area contributed by atoms with Crippen LogP contribution >= 0.6 is 11.3 Å². The van der Waals surface area contributed by atoms with E-state index in [0.29, 0.717) is 12.6 Å². The SMILES string of the molecule is O=C(CN1CCCC1c1ccsc1)Nc1ccncc1. The quantitative estimate of drug-likeness (QED) is 0.940. The van der Waals surface area contributed by atoms with Gasteiger partial charge in [-0.1, -0.05) is 0 Å². The summed E-state index contributed by atoms with van der Waals surface area (Å²) in [5.74, 6) is 0.0401. The van der Waals surface area contributed by atoms with E-state index in [0.717, 1.165) is 25.1 Å². The van der Waals surface area contributed by atoms with Crippen LogP contribution in [-0.2, 0) is 4.79 Å². The lowest BCUT2D eigenvalue weighted by Crippen LogP contribution is -2.32. The van der Waals surface area contributed by atoms with E-state index in [1.807, 2.05) is 0 Å². The highest BCUT2D eigenvalue weighted by Gasteiger charge is 2.27. The fraction of sp³-hybridized carbons (Fsp3) is 0.333. The van der Waals surface area contributed by atoms with Crippen molar-refractivity contribution >= 4 is 22.9 Å². The summed E-state index contributed by atoms with van der Waals surface area (Å²) in [6.07, 6.45) is 5.65. The van der Waals surface area contributed by atoms with Gasteiger partial charge in [-0.3, -0.25) is 14.7 Å². The molecule has 1 saturated heterocycles. The van der Waals surface area contributed by atoms with E-state index < -0.39 is 0 Å². The Labute approximate surface area is 122 Å². The minimum absolute atomic E-state index is 0.0401. The summed E-state index contributed by atoms with van der Waals surface area (Å²) in [7, 11) is 0. The van der Waals surface area contributed by atoms with Crippen LogP contribution in [0.4, 0.5) is 5.69 Å². The molecule has 3 heterocycles. The maximum absolute atomic E-state index is 12.1. The van der Waals surface area contributed by atoms with Gasteiger partial charge < -0.3 is 5.32 Å². The van der Waals surface area contributed by atoms with Crippen LogP contribution in [0.15, 0.2) is 41.4 Å². The number of likely N-dealkylation sites (tertiary alicyclic amines) is 1. The zero-order valence-corrected chi connectivity index (χ0v) is 12.0. The highest BCUT2D eigenvalue weighted by molar-refractivity contribution is 7.07. The minimum atomic E-state index is 0.0401. The van der Waals surface area contributed by atoms with Gasteiger partial charge in [0.25, 0.3) is 0 Å². The molecule has 2 aromatic heterocycles. The largest absolute Gasteiger partial charge is 0.325 e. The number of anilines is 1. The second-order valence-electron chi connectivity index (χ2n) is 4.97. The summed E-state index contributed by atoms with van der Waals surface area (Å²) in [6, 6.07) is 6.16. The molecule has 0 saturated carbocycles. The van der Waals surface area contributed by atoms with E-state index in [-0.39, 0.29) is 5.91 Å². The van der Waals surface area contributed by atoms with Crippen LogP contribution in [0.1, 0.15) is 24.4 Å². The van der Waals surface area contributed by atoms with Crippen molar-refractivity contribution in [3.05, 3.63) is 46.9 Å². The van der Waals surface area contributed by atoms with Crippen LogP contribution in [-0.4, -0.2) is 28.9 Å². The number of amides is 1. The lowest BCUT2D eigenvalue weighted by molar-refractivity contribution is -0.117. The molecule has 4 nitrogen and oxygen atoms in total. The van der Waals surface area contributed by atoms with Crippen molar-refractivity contribution in [2.45, 2.75) is 18.9 Å². The number of nitrogens with zero attached hydrogens (tertiary/aromatic N) is 2. The lowest BCUT2D eigenvalue weighted by atomic mass is 10.1. The first-order valence-electron chi connectivity index (χ1n) is 6.79. The molecule has 1 amide bonds. The Kier molecular flexibility index (Phi) is 4.08. The molecule has 2 aromatic rings.